The van der Waals surface area contributed by atoms with Crippen molar-refractivity contribution < 1.29 is 14.3 Å². The summed E-state index contributed by atoms with van der Waals surface area (Å²) in [6.45, 7) is 5.99. The molecule has 2 aromatic carbocycles. The van der Waals surface area contributed by atoms with Gasteiger partial charge in [0.1, 0.15) is 23.1 Å². The third-order valence-electron chi connectivity index (χ3n) is 4.76. The van der Waals surface area contributed by atoms with E-state index in [0.717, 1.165) is 10.6 Å². The molecule has 0 aliphatic carbocycles. The standard InChI is InChI=1S/C24H24N4O4S/c1-15(2)23-27-28-22(30)12-18(26-24(28)33-23)13-31-19-9-6-8-17(11-19)25-21(29)14-32-20-10-5-4-7-16(20)3/h4-12,15H,13-14H2,1-3H3,(H,25,29). The number of rotatable bonds is 8. The first-order valence-electron chi connectivity index (χ1n) is 10.5. The fraction of sp³-hybridized carbons (Fsp3) is 0.250. The number of carbonyl (C=O) groups excluding carboxylic acids is 1. The highest BCUT2D eigenvalue weighted by atomic mass is 32.1. The van der Waals surface area contributed by atoms with Crippen LogP contribution in [-0.2, 0) is 11.4 Å². The number of hydrogen-bond donors (Lipinski definition) is 1. The molecule has 170 valence electrons. The molecule has 1 amide bonds. The molecule has 0 aliphatic heterocycles. The van der Waals surface area contributed by atoms with Gasteiger partial charge in [-0.15, -0.1) is 0 Å². The zero-order chi connectivity index (χ0) is 23.4. The van der Waals surface area contributed by atoms with Crippen LogP contribution in [0, 0.1) is 6.92 Å². The molecular formula is C24H24N4O4S. The maximum absolute atomic E-state index is 12.4. The minimum Gasteiger partial charge on any atom is -0.487 e. The summed E-state index contributed by atoms with van der Waals surface area (Å²) in [6, 6.07) is 16.0. The van der Waals surface area contributed by atoms with E-state index in [1.807, 2.05) is 45.0 Å². The van der Waals surface area contributed by atoms with Gasteiger partial charge in [-0.3, -0.25) is 9.59 Å². The van der Waals surface area contributed by atoms with Gasteiger partial charge in [-0.2, -0.15) is 9.61 Å². The number of amides is 1. The molecule has 9 heteroatoms. The number of aromatic nitrogens is 3. The van der Waals surface area contributed by atoms with Crippen molar-refractivity contribution in [2.45, 2.75) is 33.3 Å². The molecule has 33 heavy (non-hydrogen) atoms. The van der Waals surface area contributed by atoms with Crippen LogP contribution in [0.25, 0.3) is 4.96 Å². The van der Waals surface area contributed by atoms with Crippen molar-refractivity contribution in [2.75, 3.05) is 11.9 Å². The Morgan fingerprint density at radius 3 is 2.73 bits per heavy atom. The number of nitrogens with zero attached hydrogens (tertiary/aromatic N) is 3. The first-order valence-corrected chi connectivity index (χ1v) is 11.3. The van der Waals surface area contributed by atoms with Gasteiger partial charge < -0.3 is 14.8 Å². The summed E-state index contributed by atoms with van der Waals surface area (Å²) in [5.74, 6) is 1.16. The van der Waals surface area contributed by atoms with Crippen LogP contribution < -0.4 is 20.3 Å². The maximum Gasteiger partial charge on any atom is 0.275 e. The Morgan fingerprint density at radius 2 is 1.94 bits per heavy atom. The Morgan fingerprint density at radius 1 is 1.12 bits per heavy atom. The number of ether oxygens (including phenoxy) is 2. The largest absolute Gasteiger partial charge is 0.487 e. The van der Waals surface area contributed by atoms with Crippen LogP contribution in [0.3, 0.4) is 0 Å². The van der Waals surface area contributed by atoms with Crippen LogP contribution in [0.15, 0.2) is 59.4 Å². The zero-order valence-corrected chi connectivity index (χ0v) is 19.4. The molecule has 0 unspecified atom stereocenters. The molecule has 8 nitrogen and oxygen atoms in total. The van der Waals surface area contributed by atoms with Crippen LogP contribution in [0.4, 0.5) is 5.69 Å². The lowest BCUT2D eigenvalue weighted by Crippen LogP contribution is -2.20. The van der Waals surface area contributed by atoms with E-state index in [-0.39, 0.29) is 30.6 Å². The zero-order valence-electron chi connectivity index (χ0n) is 18.6. The highest BCUT2D eigenvalue weighted by Crippen LogP contribution is 2.21. The quantitative estimate of drug-likeness (QED) is 0.420. The molecule has 1 N–H and O–H groups in total. The van der Waals surface area contributed by atoms with Crippen LogP contribution in [0.2, 0.25) is 0 Å². The van der Waals surface area contributed by atoms with Gasteiger partial charge >= 0.3 is 0 Å². The highest BCUT2D eigenvalue weighted by Gasteiger charge is 2.12. The van der Waals surface area contributed by atoms with Crippen LogP contribution in [-0.4, -0.2) is 27.1 Å². The van der Waals surface area contributed by atoms with Gasteiger partial charge in [-0.1, -0.05) is 49.4 Å². The van der Waals surface area contributed by atoms with Crippen molar-refractivity contribution in [2.24, 2.45) is 0 Å². The van der Waals surface area contributed by atoms with Gasteiger partial charge in [0, 0.05) is 23.7 Å². The molecular weight excluding hydrogens is 440 g/mol. The van der Waals surface area contributed by atoms with E-state index in [2.05, 4.69) is 15.4 Å². The van der Waals surface area contributed by atoms with Crippen molar-refractivity contribution in [3.05, 3.63) is 81.2 Å². The Bertz CT molecular complexity index is 1350. The summed E-state index contributed by atoms with van der Waals surface area (Å²) in [5, 5.41) is 7.97. The van der Waals surface area contributed by atoms with E-state index in [4.69, 9.17) is 9.47 Å². The topological polar surface area (TPSA) is 94.8 Å². The molecule has 2 aromatic heterocycles. The Kier molecular flexibility index (Phi) is 6.69. The number of aryl methyl sites for hydroxylation is 1. The van der Waals surface area contributed by atoms with Crippen molar-refractivity contribution in [3.8, 4) is 11.5 Å². The molecule has 2 heterocycles. The fourth-order valence-corrected chi connectivity index (χ4v) is 3.98. The lowest BCUT2D eigenvalue weighted by atomic mass is 10.2. The Balaban J connectivity index is 1.37. The third kappa shape index (κ3) is 5.56. The normalized spacial score (nSPS) is 11.0. The van der Waals surface area contributed by atoms with Crippen molar-refractivity contribution >= 4 is 27.9 Å². The predicted octanol–water partition coefficient (Wildman–Crippen LogP) is 4.18. The lowest BCUT2D eigenvalue weighted by Gasteiger charge is -2.11. The third-order valence-corrected chi connectivity index (χ3v) is 5.97. The number of benzene rings is 2. The molecule has 0 radical (unpaired) electrons. The molecule has 0 aliphatic rings. The number of fused-ring (bicyclic) bond motifs is 1. The smallest absolute Gasteiger partial charge is 0.275 e. The van der Waals surface area contributed by atoms with E-state index < -0.39 is 0 Å². The van der Waals surface area contributed by atoms with Gasteiger partial charge in [-0.05, 0) is 30.7 Å². The highest BCUT2D eigenvalue weighted by molar-refractivity contribution is 7.16. The Hall–Kier alpha value is -3.72. The molecule has 0 atom stereocenters. The summed E-state index contributed by atoms with van der Waals surface area (Å²) in [6.07, 6.45) is 0. The van der Waals surface area contributed by atoms with Gasteiger partial charge in [-0.25, -0.2) is 4.98 Å². The SMILES string of the molecule is Cc1ccccc1OCC(=O)Nc1cccc(OCc2cc(=O)n3nc(C(C)C)sc3n2)c1. The van der Waals surface area contributed by atoms with Crippen molar-refractivity contribution in [1.29, 1.82) is 0 Å². The number of para-hydroxylation sites is 1. The average molecular weight is 465 g/mol. The van der Waals surface area contributed by atoms with E-state index >= 15 is 0 Å². The van der Waals surface area contributed by atoms with E-state index in [0.29, 0.717) is 27.8 Å². The summed E-state index contributed by atoms with van der Waals surface area (Å²) in [4.78, 5) is 29.7. The van der Waals surface area contributed by atoms with E-state index in [9.17, 15) is 9.59 Å². The maximum atomic E-state index is 12.4. The first-order chi connectivity index (χ1) is 15.9. The Labute approximate surface area is 194 Å². The number of nitrogens with one attached hydrogen (secondary N) is 1. The van der Waals surface area contributed by atoms with E-state index in [1.54, 1.807) is 24.3 Å². The predicted molar refractivity (Wildman–Crippen MR) is 127 cm³/mol. The lowest BCUT2D eigenvalue weighted by molar-refractivity contribution is -0.118. The van der Waals surface area contributed by atoms with Crippen molar-refractivity contribution in [3.63, 3.8) is 0 Å². The fourth-order valence-electron chi connectivity index (χ4n) is 3.06. The van der Waals surface area contributed by atoms with Gasteiger partial charge in [0.05, 0.1) is 5.69 Å². The van der Waals surface area contributed by atoms with Gasteiger partial charge in [0.15, 0.2) is 6.61 Å². The molecule has 4 aromatic rings. The summed E-state index contributed by atoms with van der Waals surface area (Å²) in [5.41, 5.74) is 1.82. The summed E-state index contributed by atoms with van der Waals surface area (Å²) >= 11 is 1.39. The molecule has 0 saturated heterocycles. The minimum atomic E-state index is -0.276. The second kappa shape index (κ2) is 9.83. The number of hydrogen-bond acceptors (Lipinski definition) is 7. The van der Waals surface area contributed by atoms with Gasteiger partial charge in [0.25, 0.3) is 11.5 Å². The number of carbonyl (C=O) groups is 1. The molecule has 0 spiro atoms. The van der Waals surface area contributed by atoms with Gasteiger partial charge in [0.2, 0.25) is 4.96 Å². The van der Waals surface area contributed by atoms with Crippen LogP contribution >= 0.6 is 11.3 Å². The second-order valence-corrected chi connectivity index (χ2v) is 8.78. The van der Waals surface area contributed by atoms with Crippen LogP contribution in [0.1, 0.15) is 36.0 Å². The average Bonchev–Trinajstić information content (AvgIpc) is 3.23. The van der Waals surface area contributed by atoms with Crippen molar-refractivity contribution in [1.82, 2.24) is 14.6 Å². The van der Waals surface area contributed by atoms with E-state index in [1.165, 1.54) is 21.9 Å². The molecule has 0 bridgehead atoms. The van der Waals surface area contributed by atoms with Crippen LogP contribution in [0.5, 0.6) is 11.5 Å². The molecule has 0 saturated carbocycles. The number of anilines is 1. The second-order valence-electron chi connectivity index (χ2n) is 7.79. The summed E-state index contributed by atoms with van der Waals surface area (Å²) < 4.78 is 12.7. The minimum absolute atomic E-state index is 0.100. The monoisotopic (exact) mass is 464 g/mol. The molecule has 0 fully saturated rings. The first kappa shape index (κ1) is 22.5. The molecule has 4 rings (SSSR count). The summed E-state index contributed by atoms with van der Waals surface area (Å²) in [7, 11) is 0.